The van der Waals surface area contributed by atoms with E-state index in [1.807, 2.05) is 31.2 Å². The van der Waals surface area contributed by atoms with Gasteiger partial charge in [0.25, 0.3) is 5.91 Å². The molecule has 0 fully saturated rings. The van der Waals surface area contributed by atoms with Crippen molar-refractivity contribution in [3.8, 4) is 10.7 Å². The fourth-order valence-corrected chi connectivity index (χ4v) is 3.74. The summed E-state index contributed by atoms with van der Waals surface area (Å²) in [6, 6.07) is 15.4. The van der Waals surface area contributed by atoms with Crippen LogP contribution >= 0.6 is 11.5 Å². The maximum absolute atomic E-state index is 11.7. The summed E-state index contributed by atoms with van der Waals surface area (Å²) in [7, 11) is 0. The molecule has 0 unspecified atom stereocenters. The van der Waals surface area contributed by atoms with Crippen LogP contribution in [0.25, 0.3) is 21.6 Å². The van der Waals surface area contributed by atoms with Crippen LogP contribution in [-0.4, -0.2) is 25.5 Å². The summed E-state index contributed by atoms with van der Waals surface area (Å²) in [6.07, 6.45) is 0.715. The topological polar surface area (TPSA) is 107 Å². The van der Waals surface area contributed by atoms with Crippen LogP contribution in [0.3, 0.4) is 0 Å². The van der Waals surface area contributed by atoms with Gasteiger partial charge >= 0.3 is 0 Å². The third kappa shape index (κ3) is 3.41. The van der Waals surface area contributed by atoms with E-state index < -0.39 is 5.91 Å². The molecular weight excluding hydrogens is 372 g/mol. The number of aromatic nitrogens is 4. The van der Waals surface area contributed by atoms with Gasteiger partial charge in [-0.3, -0.25) is 4.79 Å². The number of hydrogen-bond acceptors (Lipinski definition) is 7. The Balaban J connectivity index is 1.72. The molecule has 0 spiro atoms. The van der Waals surface area contributed by atoms with E-state index in [9.17, 15) is 4.79 Å². The van der Waals surface area contributed by atoms with Gasteiger partial charge in [-0.2, -0.15) is 4.37 Å². The first-order valence-electron chi connectivity index (χ1n) is 8.87. The zero-order valence-electron chi connectivity index (χ0n) is 15.2. The van der Waals surface area contributed by atoms with Gasteiger partial charge in [-0.1, -0.05) is 49.4 Å². The number of primary amides is 1. The monoisotopic (exact) mass is 390 g/mol. The molecule has 0 aliphatic heterocycles. The molecule has 140 valence electrons. The molecule has 0 aliphatic carbocycles. The highest BCUT2D eigenvalue weighted by Crippen LogP contribution is 2.32. The molecule has 0 saturated carbocycles. The van der Waals surface area contributed by atoms with E-state index in [1.54, 1.807) is 12.1 Å². The number of carbonyl (C=O) groups is 1. The summed E-state index contributed by atoms with van der Waals surface area (Å²) in [5, 5.41) is 12.8. The second-order valence-corrected chi connectivity index (χ2v) is 6.97. The predicted octanol–water partition coefficient (Wildman–Crippen LogP) is 3.42. The van der Waals surface area contributed by atoms with E-state index in [0.717, 1.165) is 21.5 Å². The molecule has 4 aromatic rings. The average molecular weight is 390 g/mol. The van der Waals surface area contributed by atoms with Crippen LogP contribution < -0.4 is 11.1 Å². The second kappa shape index (κ2) is 7.69. The Labute approximate surface area is 165 Å². The number of nitrogens with zero attached hydrogens (tertiary/aromatic N) is 4. The van der Waals surface area contributed by atoms with Gasteiger partial charge in [-0.05, 0) is 29.6 Å². The number of anilines is 1. The Kier molecular flexibility index (Phi) is 4.94. The quantitative estimate of drug-likeness (QED) is 0.522. The molecule has 3 N–H and O–H groups in total. The summed E-state index contributed by atoms with van der Waals surface area (Å²) < 4.78 is 4.39. The first kappa shape index (κ1) is 18.0. The number of rotatable bonds is 6. The van der Waals surface area contributed by atoms with Crippen molar-refractivity contribution >= 4 is 34.2 Å². The first-order chi connectivity index (χ1) is 13.7. The van der Waals surface area contributed by atoms with Gasteiger partial charge in [0, 0.05) is 11.9 Å². The highest BCUT2D eigenvalue weighted by Gasteiger charge is 2.17. The number of nitrogens with two attached hydrogens (primary N) is 1. The van der Waals surface area contributed by atoms with Crippen LogP contribution in [-0.2, 0) is 13.0 Å². The van der Waals surface area contributed by atoms with Crippen molar-refractivity contribution in [2.75, 3.05) is 5.32 Å². The Morgan fingerprint density at radius 1 is 1.11 bits per heavy atom. The van der Waals surface area contributed by atoms with Crippen molar-refractivity contribution in [3.05, 3.63) is 65.4 Å². The van der Waals surface area contributed by atoms with Crippen molar-refractivity contribution in [1.82, 2.24) is 19.6 Å². The van der Waals surface area contributed by atoms with Gasteiger partial charge < -0.3 is 11.1 Å². The number of carbonyl (C=O) groups excluding carboxylic acids is 1. The highest BCUT2D eigenvalue weighted by molar-refractivity contribution is 7.11. The molecule has 2 aromatic heterocycles. The van der Waals surface area contributed by atoms with Crippen molar-refractivity contribution < 1.29 is 4.79 Å². The third-order valence-electron chi connectivity index (χ3n) is 4.37. The van der Waals surface area contributed by atoms with Gasteiger partial charge in [0.05, 0.1) is 11.1 Å². The van der Waals surface area contributed by atoms with Gasteiger partial charge in [-0.15, -0.1) is 10.2 Å². The highest BCUT2D eigenvalue weighted by atomic mass is 32.1. The largest absolute Gasteiger partial charge is 0.366 e. The molecular formula is C20H18N6OS. The fraction of sp³-hybridized carbons (Fsp3) is 0.150. The normalized spacial score (nSPS) is 10.9. The van der Waals surface area contributed by atoms with Gasteiger partial charge in [0.1, 0.15) is 10.6 Å². The smallest absolute Gasteiger partial charge is 0.250 e. The molecule has 0 aliphatic rings. The molecule has 8 heteroatoms. The molecule has 2 aromatic carbocycles. The molecule has 4 rings (SSSR count). The zero-order valence-corrected chi connectivity index (χ0v) is 16.0. The Morgan fingerprint density at radius 2 is 1.93 bits per heavy atom. The van der Waals surface area contributed by atoms with Crippen LogP contribution in [0, 0.1) is 0 Å². The lowest BCUT2D eigenvalue weighted by molar-refractivity contribution is 0.100. The number of nitrogens with one attached hydrogen (secondary N) is 1. The van der Waals surface area contributed by atoms with E-state index in [4.69, 9.17) is 10.7 Å². The lowest BCUT2D eigenvalue weighted by Gasteiger charge is -2.10. The number of aryl methyl sites for hydroxylation is 1. The fourth-order valence-electron chi connectivity index (χ4n) is 2.93. The summed E-state index contributed by atoms with van der Waals surface area (Å²) in [5.41, 5.74) is 8.36. The Morgan fingerprint density at radius 3 is 2.68 bits per heavy atom. The molecule has 0 saturated heterocycles. The summed E-state index contributed by atoms with van der Waals surface area (Å²) in [4.78, 5) is 17.1. The van der Waals surface area contributed by atoms with Gasteiger partial charge in [0.2, 0.25) is 0 Å². The minimum Gasteiger partial charge on any atom is -0.366 e. The Bertz CT molecular complexity index is 1140. The predicted molar refractivity (Wildman–Crippen MR) is 110 cm³/mol. The van der Waals surface area contributed by atoms with Crippen LogP contribution in [0.4, 0.5) is 5.82 Å². The molecule has 0 radical (unpaired) electrons. The maximum Gasteiger partial charge on any atom is 0.250 e. The van der Waals surface area contributed by atoms with Crippen LogP contribution in [0.15, 0.2) is 48.5 Å². The number of hydrogen-bond donors (Lipinski definition) is 2. The number of amides is 1. The van der Waals surface area contributed by atoms with E-state index in [-0.39, 0.29) is 0 Å². The molecule has 0 bridgehead atoms. The minimum atomic E-state index is -0.506. The van der Waals surface area contributed by atoms with E-state index in [0.29, 0.717) is 35.7 Å². The van der Waals surface area contributed by atoms with Crippen molar-refractivity contribution in [2.45, 2.75) is 19.9 Å². The first-order valence-corrected chi connectivity index (χ1v) is 9.64. The standard InChI is InChI=1S/C20H18N6OS/c1-2-15-19(22-11-12-7-4-3-5-8-12)23-20(25-24-15)17-13-9-6-10-14(18(21)27)16(13)26-28-17/h3-10H,2,11H2,1H3,(H2,21,27)(H,22,23,25). The molecule has 7 nitrogen and oxygen atoms in total. The zero-order chi connectivity index (χ0) is 19.5. The summed E-state index contributed by atoms with van der Waals surface area (Å²) in [5.74, 6) is 0.666. The lowest BCUT2D eigenvalue weighted by Crippen LogP contribution is -2.11. The number of benzene rings is 2. The average Bonchev–Trinajstić information content (AvgIpc) is 3.17. The number of fused-ring (bicyclic) bond motifs is 1. The van der Waals surface area contributed by atoms with Gasteiger partial charge in [-0.25, -0.2) is 4.98 Å². The van der Waals surface area contributed by atoms with Crippen LogP contribution in [0.2, 0.25) is 0 Å². The Hall–Kier alpha value is -3.39. The van der Waals surface area contributed by atoms with E-state index >= 15 is 0 Å². The molecule has 28 heavy (non-hydrogen) atoms. The van der Waals surface area contributed by atoms with Crippen LogP contribution in [0.1, 0.15) is 28.5 Å². The molecule has 1 amide bonds. The van der Waals surface area contributed by atoms with Crippen molar-refractivity contribution in [3.63, 3.8) is 0 Å². The molecule has 2 heterocycles. The molecule has 0 atom stereocenters. The second-order valence-electron chi connectivity index (χ2n) is 6.20. The van der Waals surface area contributed by atoms with E-state index in [2.05, 4.69) is 32.0 Å². The van der Waals surface area contributed by atoms with E-state index in [1.165, 1.54) is 11.5 Å². The third-order valence-corrected chi connectivity index (χ3v) is 5.23. The summed E-state index contributed by atoms with van der Waals surface area (Å²) in [6.45, 7) is 2.65. The summed E-state index contributed by atoms with van der Waals surface area (Å²) >= 11 is 1.23. The van der Waals surface area contributed by atoms with Crippen molar-refractivity contribution in [2.24, 2.45) is 5.73 Å². The minimum absolute atomic E-state index is 0.389. The lowest BCUT2D eigenvalue weighted by atomic mass is 10.1. The van der Waals surface area contributed by atoms with Gasteiger partial charge in [0.15, 0.2) is 11.6 Å². The SMILES string of the molecule is CCc1nnc(-c2snc3c(C(N)=O)cccc23)nc1NCc1ccccc1. The maximum atomic E-state index is 11.7. The van der Waals surface area contributed by atoms with Crippen molar-refractivity contribution in [1.29, 1.82) is 0 Å². The van der Waals surface area contributed by atoms with Crippen LogP contribution in [0.5, 0.6) is 0 Å².